The van der Waals surface area contributed by atoms with Crippen molar-refractivity contribution < 1.29 is 18.0 Å². The van der Waals surface area contributed by atoms with Gasteiger partial charge in [-0.2, -0.15) is 13.2 Å². The van der Waals surface area contributed by atoms with Crippen molar-refractivity contribution in [3.05, 3.63) is 70.2 Å². The molecule has 0 saturated carbocycles. The summed E-state index contributed by atoms with van der Waals surface area (Å²) in [4.78, 5) is 15.6. The largest absolute Gasteiger partial charge is 0.417 e. The van der Waals surface area contributed by atoms with Crippen molar-refractivity contribution in [2.75, 3.05) is 6.54 Å². The molecule has 1 N–H and O–H groups in total. The summed E-state index contributed by atoms with van der Waals surface area (Å²) in [6.07, 6.45) is 2.06. The number of carbonyl (C=O) groups excluding carboxylic acids is 1. The third-order valence-corrected chi connectivity index (χ3v) is 6.92. The Morgan fingerprint density at radius 3 is 2.48 bits per heavy atom. The number of nitrogens with one attached hydrogen (secondary N) is 1. The Morgan fingerprint density at radius 1 is 1.00 bits per heavy atom. The molecule has 2 aliphatic heterocycles. The molecule has 0 spiro atoms. The van der Waals surface area contributed by atoms with Gasteiger partial charge in [0.1, 0.15) is 0 Å². The summed E-state index contributed by atoms with van der Waals surface area (Å²) in [6.45, 7) is 0.985. The second-order valence-corrected chi connectivity index (χ2v) is 8.79. The standard InChI is InChI=1S/C24H26ClF3N2O/c25-21-18(12-7-13-19(21)24(26,27)28)23(31)29-22(16-8-2-1-3-9-16)20-14-6-11-17-10-4-5-15-30(17)20/h1-3,7-9,12-13,17,20,22H,4-6,10-11,14-15H2,(H,29,31). The highest BCUT2D eigenvalue weighted by Gasteiger charge is 2.39. The molecule has 3 unspecified atom stereocenters. The highest BCUT2D eigenvalue weighted by atomic mass is 35.5. The molecule has 7 heteroatoms. The maximum atomic E-state index is 13.3. The lowest BCUT2D eigenvalue weighted by Gasteiger charge is -2.48. The van der Waals surface area contributed by atoms with Crippen LogP contribution >= 0.6 is 11.6 Å². The molecule has 2 saturated heterocycles. The lowest BCUT2D eigenvalue weighted by atomic mass is 9.84. The molecule has 2 fully saturated rings. The Labute approximate surface area is 185 Å². The summed E-state index contributed by atoms with van der Waals surface area (Å²) >= 11 is 6.02. The first-order chi connectivity index (χ1) is 14.9. The van der Waals surface area contributed by atoms with Crippen molar-refractivity contribution in [1.29, 1.82) is 0 Å². The molecule has 166 valence electrons. The second kappa shape index (κ2) is 9.21. The van der Waals surface area contributed by atoms with Crippen molar-refractivity contribution in [3.63, 3.8) is 0 Å². The van der Waals surface area contributed by atoms with Gasteiger partial charge < -0.3 is 5.32 Å². The molecule has 3 atom stereocenters. The van der Waals surface area contributed by atoms with E-state index in [0.29, 0.717) is 6.04 Å². The highest BCUT2D eigenvalue weighted by Crippen LogP contribution is 2.38. The predicted molar refractivity (Wildman–Crippen MR) is 115 cm³/mol. The van der Waals surface area contributed by atoms with Gasteiger partial charge in [-0.1, -0.05) is 60.8 Å². The highest BCUT2D eigenvalue weighted by molar-refractivity contribution is 6.34. The van der Waals surface area contributed by atoms with Crippen LogP contribution in [0, 0.1) is 0 Å². The molecule has 3 nitrogen and oxygen atoms in total. The van der Waals surface area contributed by atoms with Gasteiger partial charge in [0.15, 0.2) is 0 Å². The lowest BCUT2D eigenvalue weighted by molar-refractivity contribution is -0.137. The number of rotatable bonds is 4. The summed E-state index contributed by atoms with van der Waals surface area (Å²) in [5.41, 5.74) is -0.189. The maximum Gasteiger partial charge on any atom is 0.417 e. The topological polar surface area (TPSA) is 32.3 Å². The number of carbonyl (C=O) groups is 1. The number of hydrogen-bond acceptors (Lipinski definition) is 2. The smallest absolute Gasteiger partial charge is 0.344 e. The van der Waals surface area contributed by atoms with Gasteiger partial charge in [-0.15, -0.1) is 0 Å². The Balaban J connectivity index is 1.65. The number of alkyl halides is 3. The number of halogens is 4. The monoisotopic (exact) mass is 450 g/mol. The van der Waals surface area contributed by atoms with Crippen LogP contribution in [-0.2, 0) is 6.18 Å². The molecule has 0 bridgehead atoms. The SMILES string of the molecule is O=C(NC(c1ccccc1)C1CCCC2CCCCN21)c1cccc(C(F)(F)F)c1Cl. The fourth-order valence-corrected chi connectivity index (χ4v) is 5.38. The van der Waals surface area contributed by atoms with Crippen molar-refractivity contribution in [3.8, 4) is 0 Å². The van der Waals surface area contributed by atoms with Gasteiger partial charge in [-0.25, -0.2) is 0 Å². The van der Waals surface area contributed by atoms with Crippen LogP contribution in [0.1, 0.15) is 66.1 Å². The summed E-state index contributed by atoms with van der Waals surface area (Å²) in [7, 11) is 0. The van der Waals surface area contributed by atoms with Crippen LogP contribution in [0.25, 0.3) is 0 Å². The van der Waals surface area contributed by atoms with Crippen molar-refractivity contribution in [1.82, 2.24) is 10.2 Å². The molecule has 2 heterocycles. The zero-order valence-electron chi connectivity index (χ0n) is 17.2. The number of fused-ring (bicyclic) bond motifs is 1. The van der Waals surface area contributed by atoms with Crippen LogP contribution in [0.4, 0.5) is 13.2 Å². The van der Waals surface area contributed by atoms with Gasteiger partial charge in [0.25, 0.3) is 5.91 Å². The van der Waals surface area contributed by atoms with Gasteiger partial charge >= 0.3 is 6.18 Å². The molecule has 2 aromatic rings. The molecule has 4 rings (SSSR count). The van der Waals surface area contributed by atoms with Gasteiger partial charge in [-0.05, 0) is 49.9 Å². The number of nitrogens with zero attached hydrogens (tertiary/aromatic N) is 1. The van der Waals surface area contributed by atoms with Crippen LogP contribution < -0.4 is 5.32 Å². The minimum Gasteiger partial charge on any atom is -0.344 e. The minimum absolute atomic E-state index is 0.106. The van der Waals surface area contributed by atoms with E-state index in [1.807, 2.05) is 30.3 Å². The van der Waals surface area contributed by atoms with Gasteiger partial charge in [0.05, 0.1) is 22.2 Å². The van der Waals surface area contributed by atoms with Gasteiger partial charge in [0.2, 0.25) is 0 Å². The van der Waals surface area contributed by atoms with Crippen LogP contribution in [0.5, 0.6) is 0 Å². The van der Waals surface area contributed by atoms with E-state index in [9.17, 15) is 18.0 Å². The first kappa shape index (κ1) is 22.2. The summed E-state index contributed by atoms with van der Waals surface area (Å²) in [5.74, 6) is -0.580. The maximum absolute atomic E-state index is 13.3. The predicted octanol–water partition coefficient (Wildman–Crippen LogP) is 6.24. The average Bonchev–Trinajstić information content (AvgIpc) is 2.77. The molecule has 1 amide bonds. The van der Waals surface area contributed by atoms with Crippen LogP contribution in [0.15, 0.2) is 48.5 Å². The van der Waals surface area contributed by atoms with Crippen LogP contribution in [-0.4, -0.2) is 29.4 Å². The normalized spacial score (nSPS) is 23.1. The Bertz CT molecular complexity index is 917. The number of benzene rings is 2. The number of hydrogen-bond donors (Lipinski definition) is 1. The van der Waals surface area contributed by atoms with E-state index in [0.717, 1.165) is 50.3 Å². The molecule has 31 heavy (non-hydrogen) atoms. The van der Waals surface area contributed by atoms with Gasteiger partial charge in [0, 0.05) is 12.1 Å². The van der Waals surface area contributed by atoms with E-state index in [-0.39, 0.29) is 17.6 Å². The fraction of sp³-hybridized carbons (Fsp3) is 0.458. The van der Waals surface area contributed by atoms with Crippen molar-refractivity contribution in [2.24, 2.45) is 0 Å². The zero-order valence-corrected chi connectivity index (χ0v) is 17.9. The average molecular weight is 451 g/mol. The Kier molecular flexibility index (Phi) is 6.58. The molecule has 0 aliphatic carbocycles. The van der Waals surface area contributed by atoms with Crippen molar-refractivity contribution in [2.45, 2.75) is 62.8 Å². The molecule has 0 radical (unpaired) electrons. The van der Waals surface area contributed by atoms with Crippen LogP contribution in [0.2, 0.25) is 5.02 Å². The Hall–Kier alpha value is -2.05. The van der Waals surface area contributed by atoms with E-state index in [1.165, 1.54) is 18.6 Å². The van der Waals surface area contributed by atoms with Gasteiger partial charge in [-0.3, -0.25) is 9.69 Å². The number of amides is 1. The molecule has 0 aromatic heterocycles. The molecule has 2 aromatic carbocycles. The van der Waals surface area contributed by atoms with E-state index < -0.39 is 22.7 Å². The first-order valence-electron chi connectivity index (χ1n) is 10.8. The van der Waals surface area contributed by atoms with E-state index in [4.69, 9.17) is 11.6 Å². The summed E-state index contributed by atoms with van der Waals surface area (Å²) < 4.78 is 39.8. The fourth-order valence-electron chi connectivity index (χ4n) is 5.06. The Morgan fingerprint density at radius 2 is 1.74 bits per heavy atom. The second-order valence-electron chi connectivity index (χ2n) is 8.41. The zero-order chi connectivity index (χ0) is 22.0. The lowest BCUT2D eigenvalue weighted by Crippen LogP contribution is -2.54. The van der Waals surface area contributed by atoms with Crippen molar-refractivity contribution >= 4 is 17.5 Å². The minimum atomic E-state index is -4.61. The third-order valence-electron chi connectivity index (χ3n) is 6.51. The quantitative estimate of drug-likeness (QED) is 0.598. The first-order valence-corrected chi connectivity index (χ1v) is 11.2. The van der Waals surface area contributed by atoms with Crippen LogP contribution in [0.3, 0.4) is 0 Å². The molecule has 2 aliphatic rings. The molecular formula is C24H26ClF3N2O. The summed E-state index contributed by atoms with van der Waals surface area (Å²) in [5, 5.41) is 2.48. The van der Waals surface area contributed by atoms with E-state index in [2.05, 4.69) is 10.2 Å². The number of piperidine rings is 2. The third kappa shape index (κ3) is 4.75. The molecular weight excluding hydrogens is 425 g/mol. The van der Waals surface area contributed by atoms with E-state index >= 15 is 0 Å². The van der Waals surface area contributed by atoms with E-state index in [1.54, 1.807) is 0 Å². The summed E-state index contributed by atoms with van der Waals surface area (Å²) in [6, 6.07) is 13.4.